The number of nitrogens with two attached hydrogens (primary N) is 1. The molecule has 1 heterocycles. The minimum atomic E-state index is -3.66. The lowest BCUT2D eigenvalue weighted by molar-refractivity contribution is 0.600. The summed E-state index contributed by atoms with van der Waals surface area (Å²) >= 11 is 3.34. The van der Waals surface area contributed by atoms with E-state index in [1.165, 1.54) is 12.4 Å². The molecule has 0 aliphatic rings. The zero-order valence-corrected chi connectivity index (χ0v) is 12.5. The standard InChI is InChI=1S/C11H13BrN4O2S/c1-7-10(12)2-8(4-13)3-11(7)19(17,18)16-9-5-14-15-6-9/h2-3,5-6,16H,4,13H2,1H3,(H,14,15). The third kappa shape index (κ3) is 2.96. The monoisotopic (exact) mass is 344 g/mol. The molecule has 4 N–H and O–H groups in total. The van der Waals surface area contributed by atoms with E-state index < -0.39 is 10.0 Å². The third-order valence-electron chi connectivity index (χ3n) is 2.63. The van der Waals surface area contributed by atoms with Gasteiger partial charge in [-0.3, -0.25) is 9.82 Å². The van der Waals surface area contributed by atoms with Gasteiger partial charge in [0.1, 0.15) is 0 Å². The molecule has 0 bridgehead atoms. The van der Waals surface area contributed by atoms with E-state index in [-0.39, 0.29) is 11.4 Å². The van der Waals surface area contributed by atoms with Crippen LogP contribution < -0.4 is 10.5 Å². The second-order valence-electron chi connectivity index (χ2n) is 4.00. The Balaban J connectivity index is 2.48. The molecule has 0 atom stereocenters. The molecule has 0 unspecified atom stereocenters. The van der Waals surface area contributed by atoms with E-state index in [2.05, 4.69) is 30.8 Å². The van der Waals surface area contributed by atoms with Crippen molar-refractivity contribution < 1.29 is 8.42 Å². The van der Waals surface area contributed by atoms with Gasteiger partial charge in [0.05, 0.1) is 16.8 Å². The van der Waals surface area contributed by atoms with Gasteiger partial charge in [0.25, 0.3) is 10.0 Å². The highest BCUT2D eigenvalue weighted by molar-refractivity contribution is 9.10. The summed E-state index contributed by atoms with van der Waals surface area (Å²) in [4.78, 5) is 0.198. The lowest BCUT2D eigenvalue weighted by atomic mass is 10.1. The molecule has 0 aliphatic heterocycles. The third-order valence-corrected chi connectivity index (χ3v) is 4.96. The van der Waals surface area contributed by atoms with Crippen molar-refractivity contribution in [2.75, 3.05) is 4.72 Å². The number of aromatic amines is 1. The predicted octanol–water partition coefficient (Wildman–Crippen LogP) is 1.74. The topological polar surface area (TPSA) is 101 Å². The summed E-state index contributed by atoms with van der Waals surface area (Å²) in [7, 11) is -3.66. The minimum Gasteiger partial charge on any atom is -0.326 e. The second-order valence-corrected chi connectivity index (χ2v) is 6.50. The van der Waals surface area contributed by atoms with E-state index in [9.17, 15) is 8.42 Å². The van der Waals surface area contributed by atoms with Crippen molar-refractivity contribution in [1.29, 1.82) is 0 Å². The van der Waals surface area contributed by atoms with E-state index in [0.29, 0.717) is 15.7 Å². The fourth-order valence-corrected chi connectivity index (χ4v) is 3.61. The molecule has 19 heavy (non-hydrogen) atoms. The highest BCUT2D eigenvalue weighted by atomic mass is 79.9. The van der Waals surface area contributed by atoms with Gasteiger partial charge in [-0.05, 0) is 30.2 Å². The van der Waals surface area contributed by atoms with Crippen molar-refractivity contribution in [2.24, 2.45) is 5.73 Å². The fourth-order valence-electron chi connectivity index (χ4n) is 1.62. The number of H-pyrrole nitrogens is 1. The molecular weight excluding hydrogens is 332 g/mol. The first-order valence-corrected chi connectivity index (χ1v) is 7.72. The van der Waals surface area contributed by atoms with Gasteiger partial charge < -0.3 is 5.73 Å². The van der Waals surface area contributed by atoms with E-state index in [1.807, 2.05) is 6.07 Å². The van der Waals surface area contributed by atoms with Gasteiger partial charge in [-0.2, -0.15) is 5.10 Å². The van der Waals surface area contributed by atoms with Crippen LogP contribution in [-0.2, 0) is 16.6 Å². The number of hydrogen-bond acceptors (Lipinski definition) is 4. The Bertz CT molecular complexity index is 683. The van der Waals surface area contributed by atoms with Gasteiger partial charge in [0.15, 0.2) is 0 Å². The first kappa shape index (κ1) is 14.0. The Morgan fingerprint density at radius 1 is 1.47 bits per heavy atom. The van der Waals surface area contributed by atoms with Crippen LogP contribution in [0.3, 0.4) is 0 Å². The van der Waals surface area contributed by atoms with Crippen LogP contribution in [0.25, 0.3) is 0 Å². The number of hydrogen-bond donors (Lipinski definition) is 3. The molecule has 0 saturated heterocycles. The molecule has 0 saturated carbocycles. The molecule has 0 radical (unpaired) electrons. The van der Waals surface area contributed by atoms with E-state index in [4.69, 9.17) is 5.73 Å². The maximum absolute atomic E-state index is 12.3. The first-order chi connectivity index (χ1) is 8.94. The summed E-state index contributed by atoms with van der Waals surface area (Å²) in [5.41, 5.74) is 7.32. The van der Waals surface area contributed by atoms with Gasteiger partial charge in [0.2, 0.25) is 0 Å². The van der Waals surface area contributed by atoms with Crippen molar-refractivity contribution >= 4 is 31.6 Å². The van der Waals surface area contributed by atoms with E-state index in [0.717, 1.165) is 5.56 Å². The van der Waals surface area contributed by atoms with E-state index in [1.54, 1.807) is 13.0 Å². The van der Waals surface area contributed by atoms with Crippen molar-refractivity contribution in [3.63, 3.8) is 0 Å². The zero-order chi connectivity index (χ0) is 14.0. The Morgan fingerprint density at radius 3 is 2.79 bits per heavy atom. The number of benzene rings is 1. The normalized spacial score (nSPS) is 11.5. The summed E-state index contributed by atoms with van der Waals surface area (Å²) in [5, 5.41) is 6.24. The number of nitrogens with zero attached hydrogens (tertiary/aromatic N) is 1. The van der Waals surface area contributed by atoms with Crippen LogP contribution >= 0.6 is 15.9 Å². The van der Waals surface area contributed by atoms with Crippen LogP contribution in [0.2, 0.25) is 0 Å². The number of anilines is 1. The van der Waals surface area contributed by atoms with Gasteiger partial charge in [-0.25, -0.2) is 8.42 Å². The molecule has 8 heteroatoms. The number of rotatable bonds is 4. The van der Waals surface area contributed by atoms with Gasteiger partial charge >= 0.3 is 0 Å². The molecule has 2 rings (SSSR count). The van der Waals surface area contributed by atoms with Crippen LogP contribution in [0, 0.1) is 6.92 Å². The summed E-state index contributed by atoms with van der Waals surface area (Å²) in [6.45, 7) is 2.00. The quantitative estimate of drug-likeness (QED) is 0.786. The van der Waals surface area contributed by atoms with Crippen LogP contribution in [0.15, 0.2) is 33.9 Å². The number of sulfonamides is 1. The van der Waals surface area contributed by atoms with Gasteiger partial charge in [-0.15, -0.1) is 0 Å². The first-order valence-electron chi connectivity index (χ1n) is 5.44. The lowest BCUT2D eigenvalue weighted by Crippen LogP contribution is -2.15. The average molecular weight is 345 g/mol. The zero-order valence-electron chi connectivity index (χ0n) is 10.1. The van der Waals surface area contributed by atoms with Crippen molar-refractivity contribution in [3.05, 3.63) is 40.1 Å². The average Bonchev–Trinajstić information content (AvgIpc) is 2.84. The second kappa shape index (κ2) is 5.32. The van der Waals surface area contributed by atoms with Crippen LogP contribution in [0.5, 0.6) is 0 Å². The maximum Gasteiger partial charge on any atom is 0.262 e. The van der Waals surface area contributed by atoms with Gasteiger partial charge in [-0.1, -0.05) is 15.9 Å². The molecule has 0 aliphatic carbocycles. The molecule has 2 aromatic rings. The number of halogens is 1. The van der Waals surface area contributed by atoms with Crippen molar-refractivity contribution in [2.45, 2.75) is 18.4 Å². The Morgan fingerprint density at radius 2 is 2.21 bits per heavy atom. The predicted molar refractivity (Wildman–Crippen MR) is 76.2 cm³/mol. The highest BCUT2D eigenvalue weighted by Gasteiger charge is 2.19. The lowest BCUT2D eigenvalue weighted by Gasteiger charge is -2.12. The SMILES string of the molecule is Cc1c(Br)cc(CN)cc1S(=O)(=O)Nc1cn[nH]c1. The number of aromatic nitrogens is 2. The van der Waals surface area contributed by atoms with Crippen LogP contribution in [-0.4, -0.2) is 18.6 Å². The minimum absolute atomic E-state index is 0.198. The van der Waals surface area contributed by atoms with Crippen LogP contribution in [0.1, 0.15) is 11.1 Å². The summed E-state index contributed by atoms with van der Waals surface area (Å²) in [5.74, 6) is 0. The largest absolute Gasteiger partial charge is 0.326 e. The molecule has 0 amide bonds. The molecule has 102 valence electrons. The molecule has 6 nitrogen and oxygen atoms in total. The Hall–Kier alpha value is -1.38. The number of nitrogens with one attached hydrogen (secondary N) is 2. The van der Waals surface area contributed by atoms with Crippen LogP contribution in [0.4, 0.5) is 5.69 Å². The fraction of sp³-hybridized carbons (Fsp3) is 0.182. The van der Waals surface area contributed by atoms with Crippen molar-refractivity contribution in [3.8, 4) is 0 Å². The van der Waals surface area contributed by atoms with Gasteiger partial charge in [0, 0.05) is 17.2 Å². The molecular formula is C11H13BrN4O2S. The molecule has 1 aromatic carbocycles. The molecule has 0 fully saturated rings. The Kier molecular flexibility index (Phi) is 3.93. The summed E-state index contributed by atoms with van der Waals surface area (Å²) < 4.78 is 27.8. The molecule has 0 spiro atoms. The Labute approximate surface area is 119 Å². The maximum atomic E-state index is 12.3. The summed E-state index contributed by atoms with van der Waals surface area (Å²) in [6.07, 6.45) is 2.86. The summed E-state index contributed by atoms with van der Waals surface area (Å²) in [6, 6.07) is 3.38. The van der Waals surface area contributed by atoms with Crippen molar-refractivity contribution in [1.82, 2.24) is 10.2 Å². The smallest absolute Gasteiger partial charge is 0.262 e. The van der Waals surface area contributed by atoms with E-state index >= 15 is 0 Å². The highest BCUT2D eigenvalue weighted by Crippen LogP contribution is 2.27. The molecule has 1 aromatic heterocycles.